The Morgan fingerprint density at radius 2 is 1.78 bits per heavy atom. The minimum atomic E-state index is -1.44. The summed E-state index contributed by atoms with van der Waals surface area (Å²) in [5, 5.41) is 8.79. The highest BCUT2D eigenvalue weighted by Crippen LogP contribution is 2.23. The fourth-order valence-corrected chi connectivity index (χ4v) is 1.06. The van der Waals surface area contributed by atoms with Crippen molar-refractivity contribution in [3.63, 3.8) is 0 Å². The maximum atomic E-state index is 12.3. The van der Waals surface area contributed by atoms with Gasteiger partial charge < -0.3 is 5.11 Å². The van der Waals surface area contributed by atoms with Crippen LogP contribution in [-0.2, 0) is 0 Å². The van der Waals surface area contributed by atoms with Crippen LogP contribution >= 0.6 is 0 Å². The smallest absolute Gasteiger partial charge is 0.134 e. The van der Waals surface area contributed by atoms with Gasteiger partial charge in [-0.15, -0.1) is 0 Å². The summed E-state index contributed by atoms with van der Waals surface area (Å²) < 4.78 is 24.6. The van der Waals surface area contributed by atoms with Crippen LogP contribution in [0.25, 0.3) is 0 Å². The molecule has 0 amide bonds. The van der Waals surface area contributed by atoms with Crippen LogP contribution < -0.4 is 0 Å². The Balaban J connectivity index is 2.35. The van der Waals surface area contributed by atoms with Crippen molar-refractivity contribution in [3.8, 4) is 0 Å². The SMILES string of the molecule is OC1CCC(F)C(F)C1. The minimum absolute atomic E-state index is 0.0266. The molecule has 54 valence electrons. The lowest BCUT2D eigenvalue weighted by Crippen LogP contribution is -2.30. The third-order valence-electron chi connectivity index (χ3n) is 1.67. The Kier molecular flexibility index (Phi) is 2.01. The van der Waals surface area contributed by atoms with Gasteiger partial charge in [0.15, 0.2) is 0 Å². The van der Waals surface area contributed by atoms with Gasteiger partial charge in [0.05, 0.1) is 6.10 Å². The molecule has 0 radical (unpaired) electrons. The predicted molar refractivity (Wildman–Crippen MR) is 29.6 cm³/mol. The average Bonchev–Trinajstić information content (AvgIpc) is 1.80. The Hall–Kier alpha value is -0.180. The van der Waals surface area contributed by atoms with Gasteiger partial charge in [0.1, 0.15) is 12.3 Å². The zero-order valence-corrected chi connectivity index (χ0v) is 5.06. The fraction of sp³-hybridized carbons (Fsp3) is 1.00. The van der Waals surface area contributed by atoms with E-state index >= 15 is 0 Å². The Morgan fingerprint density at radius 1 is 1.11 bits per heavy atom. The Labute approximate surface area is 52.7 Å². The van der Waals surface area contributed by atoms with Crippen LogP contribution in [0.3, 0.4) is 0 Å². The molecule has 1 N–H and O–H groups in total. The fourth-order valence-electron chi connectivity index (χ4n) is 1.06. The number of rotatable bonds is 0. The predicted octanol–water partition coefficient (Wildman–Crippen LogP) is 1.21. The lowest BCUT2D eigenvalue weighted by molar-refractivity contribution is 0.0315. The molecule has 0 aromatic heterocycles. The summed E-state index contributed by atoms with van der Waals surface area (Å²) in [5.41, 5.74) is 0. The average molecular weight is 136 g/mol. The molecule has 0 aliphatic heterocycles. The van der Waals surface area contributed by atoms with E-state index in [4.69, 9.17) is 5.11 Å². The van der Waals surface area contributed by atoms with E-state index in [9.17, 15) is 8.78 Å². The van der Waals surface area contributed by atoms with E-state index in [2.05, 4.69) is 0 Å². The van der Waals surface area contributed by atoms with Crippen molar-refractivity contribution in [2.45, 2.75) is 37.7 Å². The molecule has 3 heteroatoms. The van der Waals surface area contributed by atoms with Gasteiger partial charge in [-0.2, -0.15) is 0 Å². The van der Waals surface area contributed by atoms with Crippen molar-refractivity contribution < 1.29 is 13.9 Å². The lowest BCUT2D eigenvalue weighted by atomic mass is 9.95. The van der Waals surface area contributed by atoms with Crippen LogP contribution in [-0.4, -0.2) is 23.6 Å². The van der Waals surface area contributed by atoms with E-state index < -0.39 is 18.4 Å². The lowest BCUT2D eigenvalue weighted by Gasteiger charge is -2.23. The molecule has 1 aliphatic rings. The van der Waals surface area contributed by atoms with Gasteiger partial charge in [-0.3, -0.25) is 0 Å². The molecule has 1 saturated carbocycles. The highest BCUT2D eigenvalue weighted by molar-refractivity contribution is 4.78. The first-order chi connectivity index (χ1) is 4.20. The van der Waals surface area contributed by atoms with Crippen molar-refractivity contribution >= 4 is 0 Å². The van der Waals surface area contributed by atoms with Crippen molar-refractivity contribution in [2.75, 3.05) is 0 Å². The molecular weight excluding hydrogens is 126 g/mol. The quantitative estimate of drug-likeness (QED) is 0.530. The van der Waals surface area contributed by atoms with Crippen LogP contribution in [0.4, 0.5) is 8.78 Å². The van der Waals surface area contributed by atoms with E-state index in [1.54, 1.807) is 0 Å². The molecule has 1 rings (SSSR count). The summed E-state index contributed by atoms with van der Waals surface area (Å²) in [6.07, 6.45) is -2.85. The number of aliphatic hydroxyl groups is 1. The second-order valence-electron chi connectivity index (χ2n) is 2.50. The van der Waals surface area contributed by atoms with E-state index in [1.165, 1.54) is 0 Å². The van der Waals surface area contributed by atoms with Crippen LogP contribution in [0.5, 0.6) is 0 Å². The molecule has 9 heavy (non-hydrogen) atoms. The standard InChI is InChI=1S/C6H10F2O/c7-5-2-1-4(9)3-6(5)8/h4-6,9H,1-3H2. The van der Waals surface area contributed by atoms with E-state index in [1.807, 2.05) is 0 Å². The van der Waals surface area contributed by atoms with Crippen molar-refractivity contribution in [1.29, 1.82) is 0 Å². The van der Waals surface area contributed by atoms with Crippen molar-refractivity contribution in [3.05, 3.63) is 0 Å². The molecule has 0 aromatic carbocycles. The number of hydrogen-bond acceptors (Lipinski definition) is 1. The Morgan fingerprint density at radius 3 is 2.22 bits per heavy atom. The minimum Gasteiger partial charge on any atom is -0.393 e. The van der Waals surface area contributed by atoms with Crippen LogP contribution in [0.2, 0.25) is 0 Å². The second kappa shape index (κ2) is 2.60. The molecular formula is C6H10F2O. The first kappa shape index (κ1) is 6.93. The van der Waals surface area contributed by atoms with Gasteiger partial charge in [0, 0.05) is 6.42 Å². The van der Waals surface area contributed by atoms with Gasteiger partial charge in [0.2, 0.25) is 0 Å². The molecule has 1 fully saturated rings. The van der Waals surface area contributed by atoms with E-state index in [0.717, 1.165) is 0 Å². The summed E-state index contributed by atoms with van der Waals surface area (Å²) >= 11 is 0. The number of aliphatic hydroxyl groups excluding tert-OH is 1. The molecule has 1 nitrogen and oxygen atoms in total. The topological polar surface area (TPSA) is 20.2 Å². The van der Waals surface area contributed by atoms with Crippen molar-refractivity contribution in [2.24, 2.45) is 0 Å². The normalized spacial score (nSPS) is 45.0. The first-order valence-electron chi connectivity index (χ1n) is 3.16. The number of alkyl halides is 2. The summed E-state index contributed by atoms with van der Waals surface area (Å²) in [5.74, 6) is 0. The number of halogens is 2. The highest BCUT2D eigenvalue weighted by atomic mass is 19.2. The van der Waals surface area contributed by atoms with Gasteiger partial charge in [-0.25, -0.2) is 8.78 Å². The highest BCUT2D eigenvalue weighted by Gasteiger charge is 2.28. The summed E-state index contributed by atoms with van der Waals surface area (Å²) in [6.45, 7) is 0. The third-order valence-corrected chi connectivity index (χ3v) is 1.67. The van der Waals surface area contributed by atoms with Gasteiger partial charge in [-0.05, 0) is 12.8 Å². The largest absolute Gasteiger partial charge is 0.393 e. The molecule has 3 atom stereocenters. The first-order valence-corrected chi connectivity index (χ1v) is 3.16. The molecule has 0 heterocycles. The van der Waals surface area contributed by atoms with Crippen LogP contribution in [0, 0.1) is 0 Å². The molecule has 0 saturated heterocycles. The summed E-state index contributed by atoms with van der Waals surface area (Å²) in [6, 6.07) is 0. The maximum Gasteiger partial charge on any atom is 0.134 e. The molecule has 1 aliphatic carbocycles. The monoisotopic (exact) mass is 136 g/mol. The van der Waals surface area contributed by atoms with Gasteiger partial charge in [0.25, 0.3) is 0 Å². The van der Waals surface area contributed by atoms with Gasteiger partial charge >= 0.3 is 0 Å². The van der Waals surface area contributed by atoms with Crippen molar-refractivity contribution in [1.82, 2.24) is 0 Å². The van der Waals surface area contributed by atoms with E-state index in [0.29, 0.717) is 6.42 Å². The summed E-state index contributed by atoms with van der Waals surface area (Å²) in [7, 11) is 0. The number of hydrogen-bond donors (Lipinski definition) is 1. The molecule has 0 spiro atoms. The zero-order valence-electron chi connectivity index (χ0n) is 5.06. The van der Waals surface area contributed by atoms with Crippen LogP contribution in [0.15, 0.2) is 0 Å². The zero-order chi connectivity index (χ0) is 6.85. The van der Waals surface area contributed by atoms with Crippen LogP contribution in [0.1, 0.15) is 19.3 Å². The van der Waals surface area contributed by atoms with Gasteiger partial charge in [-0.1, -0.05) is 0 Å². The maximum absolute atomic E-state index is 12.3. The Bertz CT molecular complexity index is 97.1. The summed E-state index contributed by atoms with van der Waals surface area (Å²) in [4.78, 5) is 0. The molecule has 0 bridgehead atoms. The molecule has 0 aromatic rings. The second-order valence-corrected chi connectivity index (χ2v) is 2.50. The molecule has 3 unspecified atom stereocenters. The van der Waals surface area contributed by atoms with E-state index in [-0.39, 0.29) is 12.8 Å². The third kappa shape index (κ3) is 1.61.